The van der Waals surface area contributed by atoms with Crippen LogP contribution in [0.3, 0.4) is 0 Å². The molecule has 0 aliphatic carbocycles. The molecular weight excluding hydrogens is 551 g/mol. The standard InChI is InChI=1S/C33H67N2O6P/c1-3-5-7-9-11-13-15-17-19-21-23-25-27-33(37)35-31(30-41-42(38,39)40-29-28-34)32(36)26-24-22-20-18-16-14-12-10-8-6-4-2/h24,26,31-32,36H,3-23,25,27-30,34H2,1-2H3,(H,35,37)(H,38,39)/b26-24+. The highest BCUT2D eigenvalue weighted by Crippen LogP contribution is 2.43. The van der Waals surface area contributed by atoms with Crippen LogP contribution in [0.5, 0.6) is 0 Å². The molecule has 0 rings (SSSR count). The van der Waals surface area contributed by atoms with Gasteiger partial charge in [0.1, 0.15) is 0 Å². The zero-order chi connectivity index (χ0) is 31.2. The number of allylic oxidation sites excluding steroid dienone is 1. The van der Waals surface area contributed by atoms with Gasteiger partial charge in [-0.3, -0.25) is 13.8 Å². The number of aliphatic hydroxyl groups is 1. The van der Waals surface area contributed by atoms with Crippen molar-refractivity contribution < 1.29 is 28.4 Å². The maximum atomic E-state index is 12.6. The van der Waals surface area contributed by atoms with E-state index >= 15 is 0 Å². The van der Waals surface area contributed by atoms with Gasteiger partial charge in [-0.2, -0.15) is 0 Å². The van der Waals surface area contributed by atoms with Gasteiger partial charge >= 0.3 is 7.82 Å². The van der Waals surface area contributed by atoms with Gasteiger partial charge in [-0.15, -0.1) is 0 Å². The maximum Gasteiger partial charge on any atom is 0.472 e. The molecule has 0 aliphatic rings. The Bertz CT molecular complexity index is 679. The molecule has 0 aromatic rings. The van der Waals surface area contributed by atoms with Crippen molar-refractivity contribution in [2.45, 2.75) is 174 Å². The van der Waals surface area contributed by atoms with Crippen LogP contribution in [-0.2, 0) is 18.4 Å². The minimum absolute atomic E-state index is 0.0807. The second kappa shape index (κ2) is 30.3. The summed E-state index contributed by atoms with van der Waals surface area (Å²) < 4.78 is 21.9. The fraction of sp³-hybridized carbons (Fsp3) is 0.909. The molecule has 0 heterocycles. The van der Waals surface area contributed by atoms with Gasteiger partial charge in [-0.1, -0.05) is 148 Å². The Kier molecular flexibility index (Phi) is 29.7. The highest BCUT2D eigenvalue weighted by molar-refractivity contribution is 7.47. The first-order valence-electron chi connectivity index (χ1n) is 17.3. The minimum Gasteiger partial charge on any atom is -0.387 e. The lowest BCUT2D eigenvalue weighted by molar-refractivity contribution is -0.123. The van der Waals surface area contributed by atoms with E-state index in [1.165, 1.54) is 103 Å². The minimum atomic E-state index is -4.32. The molecule has 0 aliphatic heterocycles. The lowest BCUT2D eigenvalue weighted by atomic mass is 10.0. The van der Waals surface area contributed by atoms with Crippen LogP contribution in [0.15, 0.2) is 12.2 Å². The van der Waals surface area contributed by atoms with Crippen molar-refractivity contribution in [1.29, 1.82) is 0 Å². The normalized spacial score (nSPS) is 14.7. The number of nitrogens with two attached hydrogens (primary N) is 1. The van der Waals surface area contributed by atoms with Crippen LogP contribution >= 0.6 is 7.82 Å². The molecule has 3 atom stereocenters. The quantitative estimate of drug-likeness (QED) is 0.0338. The summed E-state index contributed by atoms with van der Waals surface area (Å²) in [5.41, 5.74) is 5.34. The van der Waals surface area contributed by atoms with Crippen LogP contribution in [0.4, 0.5) is 0 Å². The lowest BCUT2D eigenvalue weighted by Crippen LogP contribution is -2.45. The first-order chi connectivity index (χ1) is 20.4. The van der Waals surface area contributed by atoms with Crippen LogP contribution in [0.25, 0.3) is 0 Å². The van der Waals surface area contributed by atoms with E-state index < -0.39 is 20.0 Å². The van der Waals surface area contributed by atoms with Gasteiger partial charge in [0.15, 0.2) is 0 Å². The maximum absolute atomic E-state index is 12.6. The lowest BCUT2D eigenvalue weighted by Gasteiger charge is -2.23. The van der Waals surface area contributed by atoms with Crippen LogP contribution in [0.2, 0.25) is 0 Å². The Morgan fingerprint density at radius 1 is 0.762 bits per heavy atom. The molecule has 0 saturated heterocycles. The molecule has 0 spiro atoms. The predicted octanol–water partition coefficient (Wildman–Crippen LogP) is 8.49. The summed E-state index contributed by atoms with van der Waals surface area (Å²) in [6.07, 6.45) is 29.6. The van der Waals surface area contributed by atoms with Crippen molar-refractivity contribution in [2.75, 3.05) is 19.8 Å². The van der Waals surface area contributed by atoms with Crippen LogP contribution in [0.1, 0.15) is 162 Å². The van der Waals surface area contributed by atoms with Crippen molar-refractivity contribution in [3.05, 3.63) is 12.2 Å². The second-order valence-corrected chi connectivity index (χ2v) is 13.2. The van der Waals surface area contributed by atoms with Gasteiger partial charge in [0, 0.05) is 13.0 Å². The number of unbranched alkanes of at least 4 members (excludes halogenated alkanes) is 20. The average Bonchev–Trinajstić information content (AvgIpc) is 2.97. The zero-order valence-electron chi connectivity index (χ0n) is 27.2. The van der Waals surface area contributed by atoms with E-state index in [2.05, 4.69) is 19.2 Å². The van der Waals surface area contributed by atoms with E-state index in [1.807, 2.05) is 6.08 Å². The summed E-state index contributed by atoms with van der Waals surface area (Å²) in [6, 6.07) is -0.851. The number of hydrogen-bond donors (Lipinski definition) is 4. The number of hydrogen-bond acceptors (Lipinski definition) is 6. The molecule has 9 heteroatoms. The predicted molar refractivity (Wildman–Crippen MR) is 175 cm³/mol. The van der Waals surface area contributed by atoms with E-state index in [1.54, 1.807) is 6.08 Å². The molecule has 0 fully saturated rings. The topological polar surface area (TPSA) is 131 Å². The SMILES string of the molecule is CCCCCCCCCCC/C=C/C(O)C(COP(=O)(O)OCCN)NC(=O)CCCCCCCCCCCCCC. The molecule has 0 radical (unpaired) electrons. The Morgan fingerprint density at radius 2 is 1.21 bits per heavy atom. The molecule has 0 aromatic heterocycles. The second-order valence-electron chi connectivity index (χ2n) is 11.7. The number of rotatable bonds is 32. The largest absolute Gasteiger partial charge is 0.472 e. The summed E-state index contributed by atoms with van der Waals surface area (Å²) in [5.74, 6) is -0.197. The first-order valence-corrected chi connectivity index (χ1v) is 18.8. The monoisotopic (exact) mass is 618 g/mol. The number of amides is 1. The van der Waals surface area contributed by atoms with Gasteiger partial charge in [0.2, 0.25) is 5.91 Å². The number of carbonyl (C=O) groups excluding carboxylic acids is 1. The van der Waals surface area contributed by atoms with Crippen molar-refractivity contribution in [3.8, 4) is 0 Å². The molecule has 0 saturated carbocycles. The smallest absolute Gasteiger partial charge is 0.387 e. The van der Waals surface area contributed by atoms with Crippen molar-refractivity contribution >= 4 is 13.7 Å². The molecular formula is C33H67N2O6P. The van der Waals surface area contributed by atoms with E-state index in [9.17, 15) is 19.4 Å². The highest BCUT2D eigenvalue weighted by Gasteiger charge is 2.26. The van der Waals surface area contributed by atoms with Crippen LogP contribution in [0, 0.1) is 0 Å². The number of aliphatic hydroxyl groups excluding tert-OH is 1. The summed E-state index contributed by atoms with van der Waals surface area (Å²) >= 11 is 0. The van der Waals surface area contributed by atoms with Crippen molar-refractivity contribution in [1.82, 2.24) is 5.32 Å². The Balaban J connectivity index is 4.37. The number of nitrogens with one attached hydrogen (secondary N) is 1. The van der Waals surface area contributed by atoms with E-state index in [0.29, 0.717) is 6.42 Å². The summed E-state index contributed by atoms with van der Waals surface area (Å²) in [4.78, 5) is 22.5. The molecule has 3 unspecified atom stereocenters. The van der Waals surface area contributed by atoms with E-state index in [4.69, 9.17) is 14.8 Å². The molecule has 8 nitrogen and oxygen atoms in total. The fourth-order valence-corrected chi connectivity index (χ4v) is 5.71. The highest BCUT2D eigenvalue weighted by atomic mass is 31.2. The first kappa shape index (κ1) is 41.2. The van der Waals surface area contributed by atoms with E-state index in [0.717, 1.165) is 38.5 Å². The van der Waals surface area contributed by atoms with Gasteiger partial charge in [0.05, 0.1) is 25.4 Å². The number of carbonyl (C=O) groups is 1. The molecule has 42 heavy (non-hydrogen) atoms. The summed E-state index contributed by atoms with van der Waals surface area (Å²) in [7, 11) is -4.32. The third kappa shape index (κ3) is 28.0. The van der Waals surface area contributed by atoms with Crippen LogP contribution in [-0.4, -0.2) is 47.8 Å². The number of phosphoric ester groups is 1. The van der Waals surface area contributed by atoms with Gasteiger partial charge in [-0.05, 0) is 19.3 Å². The molecule has 0 aromatic carbocycles. The molecule has 250 valence electrons. The Labute approximate surface area is 258 Å². The third-order valence-electron chi connectivity index (χ3n) is 7.61. The zero-order valence-corrected chi connectivity index (χ0v) is 28.1. The Morgan fingerprint density at radius 3 is 1.69 bits per heavy atom. The Hall–Kier alpha value is -0.760. The van der Waals surface area contributed by atoms with E-state index in [-0.39, 0.29) is 25.7 Å². The summed E-state index contributed by atoms with van der Waals surface area (Å²) in [6.45, 7) is 4.10. The molecule has 1 amide bonds. The van der Waals surface area contributed by atoms with Crippen molar-refractivity contribution in [3.63, 3.8) is 0 Å². The van der Waals surface area contributed by atoms with Crippen LogP contribution < -0.4 is 11.1 Å². The molecule has 0 bridgehead atoms. The third-order valence-corrected chi connectivity index (χ3v) is 8.60. The summed E-state index contributed by atoms with van der Waals surface area (Å²) in [5, 5.41) is 13.5. The fourth-order valence-electron chi connectivity index (χ4n) is 4.95. The number of phosphoric acid groups is 1. The van der Waals surface area contributed by atoms with Crippen molar-refractivity contribution in [2.24, 2.45) is 5.73 Å². The van der Waals surface area contributed by atoms with Gasteiger partial charge < -0.3 is 21.1 Å². The molecule has 5 N–H and O–H groups in total. The van der Waals surface area contributed by atoms with Gasteiger partial charge in [0.25, 0.3) is 0 Å². The average molecular weight is 619 g/mol. The van der Waals surface area contributed by atoms with Gasteiger partial charge in [-0.25, -0.2) is 4.57 Å².